The molecule has 17 heavy (non-hydrogen) atoms. The van der Waals surface area contributed by atoms with E-state index >= 15 is 0 Å². The van der Waals surface area contributed by atoms with Crippen molar-refractivity contribution in [1.29, 1.82) is 10.5 Å². The highest BCUT2D eigenvalue weighted by molar-refractivity contribution is 7.89. The van der Waals surface area contributed by atoms with Crippen LogP contribution in [0.4, 0.5) is 0 Å². The maximum absolute atomic E-state index is 11.7. The van der Waals surface area contributed by atoms with E-state index in [2.05, 4.69) is 4.84 Å². The van der Waals surface area contributed by atoms with Crippen LogP contribution in [-0.4, -0.2) is 15.5 Å². The lowest BCUT2D eigenvalue weighted by Crippen LogP contribution is -2.23. The molecular formula is C10H9N3O3S. The molecule has 0 bridgehead atoms. The Morgan fingerprint density at radius 3 is 2.41 bits per heavy atom. The van der Waals surface area contributed by atoms with Gasteiger partial charge in [0, 0.05) is 0 Å². The SMILES string of the molecule is CONS(=O)(=O)c1ccc(C#N)c(C)c1C#N. The molecule has 6 nitrogen and oxygen atoms in total. The molecule has 7 heteroatoms. The molecule has 0 fully saturated rings. The molecule has 0 radical (unpaired) electrons. The summed E-state index contributed by atoms with van der Waals surface area (Å²) in [6.45, 7) is 1.52. The molecule has 0 amide bonds. The zero-order valence-electron chi connectivity index (χ0n) is 9.18. The van der Waals surface area contributed by atoms with Gasteiger partial charge in [-0.15, -0.1) is 0 Å². The van der Waals surface area contributed by atoms with E-state index in [-0.39, 0.29) is 16.0 Å². The molecule has 88 valence electrons. The van der Waals surface area contributed by atoms with Gasteiger partial charge in [-0.2, -0.15) is 10.5 Å². The Bertz CT molecular complexity index is 623. The smallest absolute Gasteiger partial charge is 0.263 e. The van der Waals surface area contributed by atoms with E-state index < -0.39 is 10.0 Å². The maximum Gasteiger partial charge on any atom is 0.263 e. The third kappa shape index (κ3) is 2.43. The number of rotatable bonds is 3. The lowest BCUT2D eigenvalue weighted by molar-refractivity contribution is 0.153. The molecule has 0 unspecified atom stereocenters. The molecule has 0 saturated heterocycles. The van der Waals surface area contributed by atoms with Gasteiger partial charge >= 0.3 is 0 Å². The van der Waals surface area contributed by atoms with Crippen molar-refractivity contribution in [3.05, 3.63) is 28.8 Å². The Kier molecular flexibility index (Phi) is 3.81. The molecule has 0 aliphatic heterocycles. The van der Waals surface area contributed by atoms with Crippen molar-refractivity contribution in [3.63, 3.8) is 0 Å². The molecule has 0 aliphatic rings. The summed E-state index contributed by atoms with van der Waals surface area (Å²) < 4.78 is 23.4. The van der Waals surface area contributed by atoms with Crippen LogP contribution in [0, 0.1) is 29.6 Å². The number of nitrogens with zero attached hydrogens (tertiary/aromatic N) is 2. The van der Waals surface area contributed by atoms with Crippen LogP contribution < -0.4 is 4.89 Å². The molecule has 1 aromatic rings. The summed E-state index contributed by atoms with van der Waals surface area (Å²) in [5.74, 6) is 0. The van der Waals surface area contributed by atoms with E-state index in [0.717, 1.165) is 7.11 Å². The van der Waals surface area contributed by atoms with Crippen LogP contribution in [0.3, 0.4) is 0 Å². The largest absolute Gasteiger partial charge is 0.290 e. The molecule has 1 rings (SSSR count). The first-order valence-electron chi connectivity index (χ1n) is 4.46. The van der Waals surface area contributed by atoms with Crippen molar-refractivity contribution in [1.82, 2.24) is 4.89 Å². The average molecular weight is 251 g/mol. The quantitative estimate of drug-likeness (QED) is 0.791. The van der Waals surface area contributed by atoms with Crippen molar-refractivity contribution < 1.29 is 13.3 Å². The highest BCUT2D eigenvalue weighted by atomic mass is 32.2. The minimum Gasteiger partial charge on any atom is -0.290 e. The summed E-state index contributed by atoms with van der Waals surface area (Å²) in [5.41, 5.74) is 0.528. The monoisotopic (exact) mass is 251 g/mol. The number of nitrogens with one attached hydrogen (secondary N) is 1. The van der Waals surface area contributed by atoms with Crippen LogP contribution in [0.5, 0.6) is 0 Å². The highest BCUT2D eigenvalue weighted by Crippen LogP contribution is 2.21. The van der Waals surface area contributed by atoms with Gasteiger partial charge in [-0.1, -0.05) is 4.89 Å². The first-order chi connectivity index (χ1) is 7.97. The Balaban J connectivity index is 3.55. The predicted molar refractivity (Wildman–Crippen MR) is 57.9 cm³/mol. The van der Waals surface area contributed by atoms with Crippen molar-refractivity contribution >= 4 is 10.0 Å². The zero-order valence-corrected chi connectivity index (χ0v) is 10.00. The second kappa shape index (κ2) is 4.93. The van der Waals surface area contributed by atoms with Gasteiger partial charge in [0.05, 0.1) is 24.3 Å². The second-order valence-electron chi connectivity index (χ2n) is 3.13. The van der Waals surface area contributed by atoms with Gasteiger partial charge in [0.1, 0.15) is 11.0 Å². The van der Waals surface area contributed by atoms with Crippen molar-refractivity contribution in [3.8, 4) is 12.1 Å². The number of benzene rings is 1. The zero-order chi connectivity index (χ0) is 13.1. The third-order valence-corrected chi connectivity index (χ3v) is 3.45. The maximum atomic E-state index is 11.7. The average Bonchev–Trinajstić information content (AvgIpc) is 2.28. The number of sulfonamides is 1. The Morgan fingerprint density at radius 1 is 1.29 bits per heavy atom. The fourth-order valence-corrected chi connectivity index (χ4v) is 2.35. The molecule has 0 heterocycles. The van der Waals surface area contributed by atoms with Crippen molar-refractivity contribution in [2.75, 3.05) is 7.11 Å². The first-order valence-corrected chi connectivity index (χ1v) is 5.95. The fraction of sp³-hybridized carbons (Fsp3) is 0.200. The summed E-state index contributed by atoms with van der Waals surface area (Å²) in [4.78, 5) is 5.95. The van der Waals surface area contributed by atoms with E-state index in [9.17, 15) is 8.42 Å². The molecule has 1 N–H and O–H groups in total. The van der Waals surface area contributed by atoms with E-state index in [1.54, 1.807) is 6.07 Å². The van der Waals surface area contributed by atoms with E-state index in [0.29, 0.717) is 5.56 Å². The fourth-order valence-electron chi connectivity index (χ4n) is 1.33. The topological polar surface area (TPSA) is 103 Å². The lowest BCUT2D eigenvalue weighted by Gasteiger charge is -2.08. The Morgan fingerprint density at radius 2 is 1.94 bits per heavy atom. The highest BCUT2D eigenvalue weighted by Gasteiger charge is 2.21. The van der Waals surface area contributed by atoms with E-state index in [1.807, 2.05) is 11.0 Å². The summed E-state index contributed by atoms with van der Waals surface area (Å²) in [6.07, 6.45) is 0. The lowest BCUT2D eigenvalue weighted by atomic mass is 10.0. The van der Waals surface area contributed by atoms with Crippen LogP contribution >= 0.6 is 0 Å². The molecule has 0 spiro atoms. The summed E-state index contributed by atoms with van der Waals surface area (Å²) in [5, 5.41) is 17.7. The van der Waals surface area contributed by atoms with Gasteiger partial charge < -0.3 is 0 Å². The molecule has 0 aromatic heterocycles. The molecule has 0 aliphatic carbocycles. The van der Waals surface area contributed by atoms with Crippen LogP contribution in [-0.2, 0) is 14.9 Å². The number of hydrogen-bond donors (Lipinski definition) is 1. The van der Waals surface area contributed by atoms with Crippen LogP contribution in [0.1, 0.15) is 16.7 Å². The van der Waals surface area contributed by atoms with Crippen molar-refractivity contribution in [2.24, 2.45) is 0 Å². The van der Waals surface area contributed by atoms with E-state index in [4.69, 9.17) is 10.5 Å². The normalized spacial score (nSPS) is 10.6. The summed E-state index contributed by atoms with van der Waals surface area (Å²) >= 11 is 0. The van der Waals surface area contributed by atoms with E-state index in [1.165, 1.54) is 19.1 Å². The van der Waals surface area contributed by atoms with Gasteiger partial charge in [0.25, 0.3) is 10.0 Å². The van der Waals surface area contributed by atoms with Gasteiger partial charge in [0.2, 0.25) is 0 Å². The Labute approximate surface area is 99.1 Å². The molecule has 0 atom stereocenters. The number of nitriles is 2. The van der Waals surface area contributed by atoms with Crippen LogP contribution in [0.25, 0.3) is 0 Å². The van der Waals surface area contributed by atoms with Gasteiger partial charge in [0.15, 0.2) is 0 Å². The summed E-state index contributed by atoms with van der Waals surface area (Å²) in [7, 11) is -2.75. The van der Waals surface area contributed by atoms with Gasteiger partial charge in [-0.25, -0.2) is 8.42 Å². The summed E-state index contributed by atoms with van der Waals surface area (Å²) in [6, 6.07) is 6.21. The molecular weight excluding hydrogens is 242 g/mol. The van der Waals surface area contributed by atoms with Gasteiger partial charge in [-0.3, -0.25) is 4.84 Å². The molecule has 1 aromatic carbocycles. The molecule has 0 saturated carbocycles. The van der Waals surface area contributed by atoms with Crippen LogP contribution in [0.15, 0.2) is 17.0 Å². The minimum atomic E-state index is -3.90. The standard InChI is InChI=1S/C10H9N3O3S/c1-7-8(5-11)3-4-10(9(7)6-12)17(14,15)13-16-2/h3-4,13H,1-2H3. The minimum absolute atomic E-state index is 0.0615. The van der Waals surface area contributed by atoms with Crippen molar-refractivity contribution in [2.45, 2.75) is 11.8 Å². The predicted octanol–water partition coefficient (Wildman–Crippen LogP) is 0.578. The first kappa shape index (κ1) is 13.1. The van der Waals surface area contributed by atoms with Gasteiger partial charge in [-0.05, 0) is 24.6 Å². The number of hydrogen-bond acceptors (Lipinski definition) is 5. The second-order valence-corrected chi connectivity index (χ2v) is 4.74. The van der Waals surface area contributed by atoms with Crippen LogP contribution in [0.2, 0.25) is 0 Å². The Hall–Kier alpha value is -1.93. The third-order valence-electron chi connectivity index (χ3n) is 2.14.